The molecule has 1 rings (SSSR count). The predicted octanol–water partition coefficient (Wildman–Crippen LogP) is -3.22. The first-order valence-electron chi connectivity index (χ1n) is 3.26. The summed E-state index contributed by atoms with van der Waals surface area (Å²) in [7, 11) is 0. The molecule has 2 atom stereocenters. The Morgan fingerprint density at radius 3 is 1.50 bits per heavy atom. The Balaban J connectivity index is 0. The first kappa shape index (κ1) is 13.5. The second-order valence-corrected chi connectivity index (χ2v) is 2.62. The Labute approximate surface area is 84.6 Å². The minimum atomic E-state index is 0. The van der Waals surface area contributed by atoms with Crippen molar-refractivity contribution in [1.82, 2.24) is 10.6 Å². The Kier molecular flexibility index (Phi) is 8.86. The molecule has 2 unspecified atom stereocenters. The molecular formula is C6H15N2NaO. The molecule has 0 aliphatic carbocycles. The van der Waals surface area contributed by atoms with Crippen LogP contribution < -0.4 is 40.2 Å². The van der Waals surface area contributed by atoms with Gasteiger partial charge in [0.05, 0.1) is 0 Å². The normalized spacial score (nSPS) is 31.8. The zero-order chi connectivity index (χ0) is 5.98. The summed E-state index contributed by atoms with van der Waals surface area (Å²) in [6.07, 6.45) is 0. The summed E-state index contributed by atoms with van der Waals surface area (Å²) in [6.45, 7) is 6.61. The van der Waals surface area contributed by atoms with E-state index in [9.17, 15) is 0 Å². The number of hydrogen-bond acceptors (Lipinski definition) is 3. The van der Waals surface area contributed by atoms with E-state index in [1.54, 1.807) is 0 Å². The van der Waals surface area contributed by atoms with Crippen molar-refractivity contribution in [2.24, 2.45) is 0 Å². The van der Waals surface area contributed by atoms with Crippen LogP contribution in [0, 0.1) is 0 Å². The average molecular weight is 154 g/mol. The number of hydrogen-bond donors (Lipinski definition) is 2. The van der Waals surface area contributed by atoms with Crippen LogP contribution >= 0.6 is 0 Å². The van der Waals surface area contributed by atoms with Gasteiger partial charge < -0.3 is 16.1 Å². The van der Waals surface area contributed by atoms with Crippen LogP contribution in [0.4, 0.5) is 0 Å². The van der Waals surface area contributed by atoms with Crippen LogP contribution in [0.1, 0.15) is 13.8 Å². The van der Waals surface area contributed by atoms with Gasteiger partial charge in [0.25, 0.3) is 0 Å². The quantitative estimate of drug-likeness (QED) is 0.361. The fourth-order valence-corrected chi connectivity index (χ4v) is 0.900. The number of nitrogens with one attached hydrogen (secondary N) is 2. The smallest absolute Gasteiger partial charge is 0.870 e. The Bertz CT molecular complexity index is 64.1. The van der Waals surface area contributed by atoms with Gasteiger partial charge in [0, 0.05) is 25.2 Å². The second kappa shape index (κ2) is 6.58. The van der Waals surface area contributed by atoms with Crippen molar-refractivity contribution in [1.29, 1.82) is 0 Å². The summed E-state index contributed by atoms with van der Waals surface area (Å²) in [6, 6.07) is 1.32. The molecule has 0 aromatic heterocycles. The summed E-state index contributed by atoms with van der Waals surface area (Å²) in [4.78, 5) is 0. The van der Waals surface area contributed by atoms with Crippen molar-refractivity contribution in [2.45, 2.75) is 25.9 Å². The van der Waals surface area contributed by atoms with E-state index in [0.717, 1.165) is 13.1 Å². The SMILES string of the molecule is CC1CNC(C)CN1.[Na+].[OH-]. The molecule has 0 spiro atoms. The van der Waals surface area contributed by atoms with E-state index in [1.165, 1.54) is 0 Å². The molecule has 3 N–H and O–H groups in total. The van der Waals surface area contributed by atoms with Gasteiger partial charge in [0.15, 0.2) is 0 Å². The zero-order valence-electron chi connectivity index (χ0n) is 7.02. The van der Waals surface area contributed by atoms with E-state index in [0.29, 0.717) is 12.1 Å². The molecule has 0 aromatic carbocycles. The minimum Gasteiger partial charge on any atom is -0.870 e. The van der Waals surface area contributed by atoms with E-state index in [2.05, 4.69) is 24.5 Å². The van der Waals surface area contributed by atoms with Gasteiger partial charge in [-0.25, -0.2) is 0 Å². The van der Waals surface area contributed by atoms with E-state index < -0.39 is 0 Å². The number of rotatable bonds is 0. The molecule has 4 heteroatoms. The molecule has 1 fully saturated rings. The molecule has 0 saturated carbocycles. The van der Waals surface area contributed by atoms with Crippen molar-refractivity contribution >= 4 is 0 Å². The molecule has 3 nitrogen and oxygen atoms in total. The third kappa shape index (κ3) is 4.66. The average Bonchev–Trinajstić information content (AvgIpc) is 1.77. The first-order valence-corrected chi connectivity index (χ1v) is 3.26. The van der Waals surface area contributed by atoms with Crippen LogP contribution in [0.2, 0.25) is 0 Å². The van der Waals surface area contributed by atoms with Crippen molar-refractivity contribution in [2.75, 3.05) is 13.1 Å². The van der Waals surface area contributed by atoms with Crippen molar-refractivity contribution in [3.8, 4) is 0 Å². The topological polar surface area (TPSA) is 54.1 Å². The largest absolute Gasteiger partial charge is 1.00 e. The summed E-state index contributed by atoms with van der Waals surface area (Å²) in [5, 5.41) is 6.74. The standard InChI is InChI=1S/C6H14N2.Na.H2O/c1-5-3-8-6(2)4-7-5;;/h5-8H,3-4H2,1-2H3;;1H2/q;+1;/p-1. The predicted molar refractivity (Wildman–Crippen MR) is 36.9 cm³/mol. The maximum Gasteiger partial charge on any atom is 1.00 e. The van der Waals surface area contributed by atoms with Gasteiger partial charge in [0.2, 0.25) is 0 Å². The zero-order valence-corrected chi connectivity index (χ0v) is 9.02. The monoisotopic (exact) mass is 154 g/mol. The van der Waals surface area contributed by atoms with E-state index in [4.69, 9.17) is 0 Å². The van der Waals surface area contributed by atoms with Crippen LogP contribution in [-0.4, -0.2) is 30.6 Å². The van der Waals surface area contributed by atoms with Crippen LogP contribution in [0.3, 0.4) is 0 Å². The van der Waals surface area contributed by atoms with Crippen LogP contribution in [-0.2, 0) is 0 Å². The molecule has 0 bridgehead atoms. The molecule has 0 radical (unpaired) electrons. The van der Waals surface area contributed by atoms with Gasteiger partial charge in [-0.2, -0.15) is 0 Å². The summed E-state index contributed by atoms with van der Waals surface area (Å²) in [5.41, 5.74) is 0. The molecule has 1 aliphatic rings. The van der Waals surface area contributed by atoms with E-state index >= 15 is 0 Å². The van der Waals surface area contributed by atoms with Gasteiger partial charge in [0.1, 0.15) is 0 Å². The molecule has 0 aromatic rings. The van der Waals surface area contributed by atoms with Crippen LogP contribution in [0.5, 0.6) is 0 Å². The molecule has 1 saturated heterocycles. The van der Waals surface area contributed by atoms with Crippen LogP contribution in [0.15, 0.2) is 0 Å². The fourth-order valence-electron chi connectivity index (χ4n) is 0.900. The summed E-state index contributed by atoms with van der Waals surface area (Å²) < 4.78 is 0. The Hall–Kier alpha value is 0.880. The van der Waals surface area contributed by atoms with Crippen molar-refractivity contribution < 1.29 is 35.0 Å². The van der Waals surface area contributed by atoms with Gasteiger partial charge in [-0.05, 0) is 13.8 Å². The first-order chi connectivity index (χ1) is 3.79. The van der Waals surface area contributed by atoms with Crippen molar-refractivity contribution in [3.05, 3.63) is 0 Å². The molecule has 1 heterocycles. The molecule has 56 valence electrons. The van der Waals surface area contributed by atoms with Crippen molar-refractivity contribution in [3.63, 3.8) is 0 Å². The molecule has 10 heavy (non-hydrogen) atoms. The molecule has 0 amide bonds. The fraction of sp³-hybridized carbons (Fsp3) is 1.00. The summed E-state index contributed by atoms with van der Waals surface area (Å²) >= 11 is 0. The Morgan fingerprint density at radius 1 is 1.00 bits per heavy atom. The van der Waals surface area contributed by atoms with E-state index in [-0.39, 0.29) is 35.0 Å². The Morgan fingerprint density at radius 2 is 1.30 bits per heavy atom. The van der Waals surface area contributed by atoms with Crippen LogP contribution in [0.25, 0.3) is 0 Å². The third-order valence-corrected chi connectivity index (χ3v) is 1.54. The van der Waals surface area contributed by atoms with Gasteiger partial charge in [-0.1, -0.05) is 0 Å². The molecular weight excluding hydrogens is 139 g/mol. The maximum atomic E-state index is 3.37. The number of piperazine rings is 1. The molecule has 1 aliphatic heterocycles. The minimum absolute atomic E-state index is 0. The second-order valence-electron chi connectivity index (χ2n) is 2.62. The maximum absolute atomic E-state index is 3.37. The van der Waals surface area contributed by atoms with Gasteiger partial charge >= 0.3 is 29.6 Å². The van der Waals surface area contributed by atoms with Gasteiger partial charge in [-0.3, -0.25) is 0 Å². The third-order valence-electron chi connectivity index (χ3n) is 1.54. The van der Waals surface area contributed by atoms with Gasteiger partial charge in [-0.15, -0.1) is 0 Å². The van der Waals surface area contributed by atoms with E-state index in [1.807, 2.05) is 0 Å². The summed E-state index contributed by atoms with van der Waals surface area (Å²) in [5.74, 6) is 0.